The summed E-state index contributed by atoms with van der Waals surface area (Å²) in [4.78, 5) is 37.5. The molecule has 2 aromatic rings. The van der Waals surface area contributed by atoms with Crippen molar-refractivity contribution in [3.05, 3.63) is 46.3 Å². The van der Waals surface area contributed by atoms with Crippen LogP contribution in [0.5, 0.6) is 0 Å². The Morgan fingerprint density at radius 3 is 2.66 bits per heavy atom. The molecule has 170 valence electrons. The maximum atomic E-state index is 13.1. The summed E-state index contributed by atoms with van der Waals surface area (Å²) in [6.07, 6.45) is 3.14. The van der Waals surface area contributed by atoms with Crippen molar-refractivity contribution in [3.63, 3.8) is 0 Å². The Balaban J connectivity index is 1.95. The molecule has 0 unspecified atom stereocenters. The van der Waals surface area contributed by atoms with Crippen LogP contribution in [0.15, 0.2) is 18.2 Å². The Labute approximate surface area is 188 Å². The summed E-state index contributed by atoms with van der Waals surface area (Å²) in [6.45, 7) is 8.76. The molecule has 1 aliphatic carbocycles. The maximum Gasteiger partial charge on any atom is 0.250 e. The zero-order valence-electron chi connectivity index (χ0n) is 19.3. The van der Waals surface area contributed by atoms with Gasteiger partial charge in [-0.15, -0.1) is 0 Å². The second kappa shape index (κ2) is 8.11. The van der Waals surface area contributed by atoms with Crippen molar-refractivity contribution < 1.29 is 14.4 Å². The third-order valence-electron chi connectivity index (χ3n) is 6.53. The summed E-state index contributed by atoms with van der Waals surface area (Å²) < 4.78 is 2.20. The Hall–Kier alpha value is -3.09. The molecule has 2 bridgehead atoms. The third kappa shape index (κ3) is 4.04. The van der Waals surface area contributed by atoms with Crippen molar-refractivity contribution in [1.29, 1.82) is 0 Å². The van der Waals surface area contributed by atoms with E-state index in [-0.39, 0.29) is 23.1 Å². The predicted molar refractivity (Wildman–Crippen MR) is 124 cm³/mol. The largest absolute Gasteiger partial charge is 0.381 e. The third-order valence-corrected chi connectivity index (χ3v) is 6.53. The van der Waals surface area contributed by atoms with E-state index in [0.29, 0.717) is 30.6 Å². The summed E-state index contributed by atoms with van der Waals surface area (Å²) in [5.41, 5.74) is 11.3. The molecule has 4 N–H and O–H groups in total. The molecule has 0 spiro atoms. The van der Waals surface area contributed by atoms with Gasteiger partial charge in [-0.2, -0.15) is 0 Å². The number of fused-ring (bicyclic) bond motifs is 6. The standard InChI is InChI=1S/C25H32N4O3/c1-14-10-22(31)27-9-5-6-19-15(2)23-20(12-25(3,4)13-21(23)30)29(19)16-7-8-17(24(26)32)18(11-16)28-14/h7-8,11,14,28H,5-6,9-10,12-13H2,1-4H3,(H2,26,32)(H,27,31)/t14-/m0/s1. The molecule has 0 radical (unpaired) electrons. The highest BCUT2D eigenvalue weighted by molar-refractivity contribution is 6.01. The van der Waals surface area contributed by atoms with Crippen LogP contribution in [0, 0.1) is 12.3 Å². The molecule has 4 rings (SSSR count). The highest BCUT2D eigenvalue weighted by Crippen LogP contribution is 2.40. The van der Waals surface area contributed by atoms with E-state index in [9.17, 15) is 14.4 Å². The van der Waals surface area contributed by atoms with Crippen LogP contribution in [0.25, 0.3) is 5.69 Å². The minimum atomic E-state index is -0.526. The molecule has 32 heavy (non-hydrogen) atoms. The summed E-state index contributed by atoms with van der Waals surface area (Å²) >= 11 is 0. The van der Waals surface area contributed by atoms with E-state index in [4.69, 9.17) is 5.73 Å². The van der Waals surface area contributed by atoms with Crippen LogP contribution in [-0.4, -0.2) is 34.8 Å². The highest BCUT2D eigenvalue weighted by atomic mass is 16.2. The molecular weight excluding hydrogens is 404 g/mol. The fourth-order valence-electron chi connectivity index (χ4n) is 5.15. The van der Waals surface area contributed by atoms with Gasteiger partial charge in [0, 0.05) is 53.8 Å². The van der Waals surface area contributed by atoms with Crippen molar-refractivity contribution in [1.82, 2.24) is 9.88 Å². The van der Waals surface area contributed by atoms with Crippen molar-refractivity contribution in [2.45, 2.75) is 65.8 Å². The fraction of sp³-hybridized carbons (Fsp3) is 0.480. The number of hydrogen-bond donors (Lipinski definition) is 3. The van der Waals surface area contributed by atoms with Crippen molar-refractivity contribution in [2.75, 3.05) is 11.9 Å². The quantitative estimate of drug-likeness (QED) is 0.638. The lowest BCUT2D eigenvalue weighted by Crippen LogP contribution is -2.30. The molecule has 2 aliphatic rings. The monoisotopic (exact) mass is 436 g/mol. The Kier molecular flexibility index (Phi) is 5.61. The molecule has 1 aliphatic heterocycles. The fourth-order valence-corrected chi connectivity index (χ4v) is 5.15. The normalized spacial score (nSPS) is 20.6. The number of amides is 2. The second-order valence-electron chi connectivity index (χ2n) is 9.97. The van der Waals surface area contributed by atoms with Gasteiger partial charge in [-0.1, -0.05) is 13.8 Å². The first kappa shape index (κ1) is 22.1. The van der Waals surface area contributed by atoms with Gasteiger partial charge >= 0.3 is 0 Å². The molecule has 1 atom stereocenters. The van der Waals surface area contributed by atoms with Gasteiger partial charge in [-0.25, -0.2) is 0 Å². The predicted octanol–water partition coefficient (Wildman–Crippen LogP) is 3.29. The molecule has 2 heterocycles. The number of primary amides is 1. The zero-order chi connectivity index (χ0) is 23.2. The van der Waals surface area contributed by atoms with Gasteiger partial charge in [0.15, 0.2) is 5.78 Å². The Morgan fingerprint density at radius 1 is 1.19 bits per heavy atom. The van der Waals surface area contributed by atoms with Gasteiger partial charge in [0.1, 0.15) is 0 Å². The van der Waals surface area contributed by atoms with Crippen LogP contribution in [0.4, 0.5) is 5.69 Å². The summed E-state index contributed by atoms with van der Waals surface area (Å²) in [5, 5.41) is 6.28. The van der Waals surface area contributed by atoms with Gasteiger partial charge < -0.3 is 20.9 Å². The van der Waals surface area contributed by atoms with Gasteiger partial charge in [0.05, 0.1) is 5.56 Å². The number of Topliss-reactive ketones (excluding diaryl/α,β-unsaturated/α-hetero) is 1. The molecule has 1 aromatic heterocycles. The molecule has 0 saturated carbocycles. The first-order valence-corrected chi connectivity index (χ1v) is 11.3. The first-order chi connectivity index (χ1) is 15.1. The van der Waals surface area contributed by atoms with E-state index in [1.165, 1.54) is 0 Å². The van der Waals surface area contributed by atoms with Gasteiger partial charge in [-0.3, -0.25) is 14.4 Å². The van der Waals surface area contributed by atoms with Crippen LogP contribution in [-0.2, 0) is 17.6 Å². The molecule has 0 fully saturated rings. The lowest BCUT2D eigenvalue weighted by atomic mass is 9.75. The van der Waals surface area contributed by atoms with Crippen LogP contribution < -0.4 is 16.4 Å². The zero-order valence-corrected chi connectivity index (χ0v) is 19.3. The van der Waals surface area contributed by atoms with Crippen molar-refractivity contribution in [2.24, 2.45) is 11.1 Å². The molecule has 7 nitrogen and oxygen atoms in total. The Bertz CT molecular complexity index is 1110. The topological polar surface area (TPSA) is 106 Å². The molecular formula is C25H32N4O3. The highest BCUT2D eigenvalue weighted by Gasteiger charge is 2.36. The number of ketones is 1. The summed E-state index contributed by atoms with van der Waals surface area (Å²) in [6, 6.07) is 5.37. The van der Waals surface area contributed by atoms with E-state index in [1.54, 1.807) is 6.07 Å². The van der Waals surface area contributed by atoms with Crippen LogP contribution >= 0.6 is 0 Å². The van der Waals surface area contributed by atoms with Crippen molar-refractivity contribution in [3.8, 4) is 5.69 Å². The number of hydrogen-bond acceptors (Lipinski definition) is 4. The first-order valence-electron chi connectivity index (χ1n) is 11.3. The maximum absolute atomic E-state index is 13.1. The van der Waals surface area contributed by atoms with Gasteiger partial charge in [-0.05, 0) is 62.3 Å². The molecule has 1 aromatic carbocycles. The minimum absolute atomic E-state index is 0.0376. The van der Waals surface area contributed by atoms with Gasteiger partial charge in [0.2, 0.25) is 5.91 Å². The average molecular weight is 437 g/mol. The number of benzene rings is 1. The average Bonchev–Trinajstić information content (AvgIpc) is 2.94. The molecule has 7 heteroatoms. The SMILES string of the molecule is Cc1c2c(n3c1CCCNC(=O)C[C@H](C)Nc1cc-3ccc1C(N)=O)CC(C)(C)CC2=O. The molecule has 0 saturated heterocycles. The number of carbonyl (C=O) groups is 3. The number of nitrogens with two attached hydrogens (primary N) is 1. The van der Waals surface area contributed by atoms with Crippen LogP contribution in [0.1, 0.15) is 77.7 Å². The van der Waals surface area contributed by atoms with Gasteiger partial charge in [0.25, 0.3) is 5.91 Å². The lowest BCUT2D eigenvalue weighted by molar-refractivity contribution is -0.121. The number of nitrogens with zero attached hydrogens (tertiary/aromatic N) is 1. The van der Waals surface area contributed by atoms with Crippen LogP contribution in [0.2, 0.25) is 0 Å². The number of carbonyl (C=O) groups excluding carboxylic acids is 3. The minimum Gasteiger partial charge on any atom is -0.381 e. The van der Waals surface area contributed by atoms with E-state index < -0.39 is 5.91 Å². The second-order valence-corrected chi connectivity index (χ2v) is 9.97. The number of rotatable bonds is 1. The van der Waals surface area contributed by atoms with E-state index >= 15 is 0 Å². The summed E-state index contributed by atoms with van der Waals surface area (Å²) in [5.74, 6) is -0.379. The van der Waals surface area contributed by atoms with E-state index in [1.807, 2.05) is 26.0 Å². The lowest BCUT2D eigenvalue weighted by Gasteiger charge is -2.30. The Morgan fingerprint density at radius 2 is 1.94 bits per heavy atom. The number of aromatic nitrogens is 1. The summed E-state index contributed by atoms with van der Waals surface area (Å²) in [7, 11) is 0. The number of nitrogens with one attached hydrogen (secondary N) is 2. The van der Waals surface area contributed by atoms with Crippen molar-refractivity contribution >= 4 is 23.3 Å². The van der Waals surface area contributed by atoms with E-state index in [2.05, 4.69) is 29.0 Å². The number of anilines is 1. The smallest absolute Gasteiger partial charge is 0.250 e. The van der Waals surface area contributed by atoms with E-state index in [0.717, 1.165) is 47.5 Å². The molecule has 2 amide bonds. The van der Waals surface area contributed by atoms with Crippen LogP contribution in [0.3, 0.4) is 0 Å².